The van der Waals surface area contributed by atoms with Gasteiger partial charge in [-0.05, 0) is 24.3 Å². The van der Waals surface area contributed by atoms with E-state index in [1.165, 1.54) is 11.3 Å². The molecule has 0 saturated heterocycles. The van der Waals surface area contributed by atoms with Gasteiger partial charge in [-0.3, -0.25) is 4.98 Å². The van der Waals surface area contributed by atoms with Crippen LogP contribution in [0.25, 0.3) is 16.5 Å². The standard InChI is InChI=1S/C16H13N5O2S/c1-22-11-5-4-6-12(9-11)23-10-14-20-21-15(18-19-16(21)24-14)13-7-2-3-8-17-13/h2-9H,10H2,1H3. The first kappa shape index (κ1) is 14.6. The maximum absolute atomic E-state index is 5.77. The molecule has 4 rings (SSSR count). The smallest absolute Gasteiger partial charge is 0.235 e. The van der Waals surface area contributed by atoms with E-state index in [-0.39, 0.29) is 0 Å². The van der Waals surface area contributed by atoms with Crippen LogP contribution in [0.15, 0.2) is 48.7 Å². The van der Waals surface area contributed by atoms with E-state index in [0.29, 0.717) is 17.4 Å². The number of pyridine rings is 1. The molecule has 0 aliphatic carbocycles. The second-order valence-corrected chi connectivity index (χ2v) is 5.94. The maximum Gasteiger partial charge on any atom is 0.235 e. The van der Waals surface area contributed by atoms with Crippen LogP contribution in [0.5, 0.6) is 11.5 Å². The van der Waals surface area contributed by atoms with E-state index in [1.807, 2.05) is 42.5 Å². The zero-order valence-corrected chi connectivity index (χ0v) is 13.6. The summed E-state index contributed by atoms with van der Waals surface area (Å²) < 4.78 is 12.6. The Bertz CT molecular complexity index is 967. The normalized spacial score (nSPS) is 10.9. The summed E-state index contributed by atoms with van der Waals surface area (Å²) in [6.07, 6.45) is 1.72. The summed E-state index contributed by atoms with van der Waals surface area (Å²) in [7, 11) is 1.63. The van der Waals surface area contributed by atoms with Crippen LogP contribution in [0.2, 0.25) is 0 Å². The number of hydrogen-bond acceptors (Lipinski definition) is 7. The first-order valence-corrected chi connectivity index (χ1v) is 8.04. The van der Waals surface area contributed by atoms with Crippen molar-refractivity contribution < 1.29 is 9.47 Å². The number of methoxy groups -OCH3 is 1. The van der Waals surface area contributed by atoms with Gasteiger partial charge in [0.25, 0.3) is 0 Å². The van der Waals surface area contributed by atoms with E-state index < -0.39 is 0 Å². The van der Waals surface area contributed by atoms with E-state index in [1.54, 1.807) is 17.8 Å². The van der Waals surface area contributed by atoms with E-state index in [2.05, 4.69) is 20.3 Å². The lowest BCUT2D eigenvalue weighted by Gasteiger charge is -2.05. The highest BCUT2D eigenvalue weighted by Crippen LogP contribution is 2.23. The fourth-order valence-electron chi connectivity index (χ4n) is 2.21. The Morgan fingerprint density at radius 3 is 2.83 bits per heavy atom. The Labute approximate surface area is 141 Å². The van der Waals surface area contributed by atoms with Gasteiger partial charge in [0.15, 0.2) is 5.01 Å². The third-order valence-electron chi connectivity index (χ3n) is 3.33. The van der Waals surface area contributed by atoms with Gasteiger partial charge in [-0.25, -0.2) is 0 Å². The van der Waals surface area contributed by atoms with Gasteiger partial charge >= 0.3 is 0 Å². The Balaban J connectivity index is 1.56. The fourth-order valence-corrected chi connectivity index (χ4v) is 2.95. The molecule has 0 spiro atoms. The molecule has 1 aromatic carbocycles. The molecule has 0 fully saturated rings. The van der Waals surface area contributed by atoms with Crippen LogP contribution in [-0.2, 0) is 6.61 Å². The molecule has 120 valence electrons. The molecule has 0 aliphatic heterocycles. The van der Waals surface area contributed by atoms with Crippen molar-refractivity contribution in [1.82, 2.24) is 24.8 Å². The molecule has 3 aromatic heterocycles. The third-order valence-corrected chi connectivity index (χ3v) is 4.20. The first-order valence-electron chi connectivity index (χ1n) is 7.23. The highest BCUT2D eigenvalue weighted by atomic mass is 32.1. The Hall–Kier alpha value is -3.00. The molecule has 0 unspecified atom stereocenters. The van der Waals surface area contributed by atoms with Gasteiger partial charge in [0, 0.05) is 12.3 Å². The van der Waals surface area contributed by atoms with Gasteiger partial charge in [0.2, 0.25) is 10.8 Å². The molecule has 0 aliphatic rings. The van der Waals surface area contributed by atoms with Crippen molar-refractivity contribution in [3.05, 3.63) is 53.7 Å². The van der Waals surface area contributed by atoms with Gasteiger partial charge in [-0.2, -0.15) is 9.61 Å². The lowest BCUT2D eigenvalue weighted by Crippen LogP contribution is -1.98. The Kier molecular flexibility index (Phi) is 3.80. The molecule has 0 radical (unpaired) electrons. The van der Waals surface area contributed by atoms with Crippen molar-refractivity contribution in [2.24, 2.45) is 0 Å². The molecule has 0 atom stereocenters. The maximum atomic E-state index is 5.77. The molecule has 4 aromatic rings. The zero-order valence-electron chi connectivity index (χ0n) is 12.8. The number of aromatic nitrogens is 5. The van der Waals surface area contributed by atoms with E-state index >= 15 is 0 Å². The number of hydrogen-bond donors (Lipinski definition) is 0. The minimum Gasteiger partial charge on any atom is -0.497 e. The Morgan fingerprint density at radius 2 is 2.00 bits per heavy atom. The molecule has 0 amide bonds. The van der Waals surface area contributed by atoms with E-state index in [9.17, 15) is 0 Å². The minimum absolute atomic E-state index is 0.350. The average molecular weight is 339 g/mol. The molecule has 24 heavy (non-hydrogen) atoms. The monoisotopic (exact) mass is 339 g/mol. The van der Waals surface area contributed by atoms with Crippen molar-refractivity contribution in [3.8, 4) is 23.0 Å². The summed E-state index contributed by atoms with van der Waals surface area (Å²) in [5.41, 5.74) is 0.732. The van der Waals surface area contributed by atoms with E-state index in [4.69, 9.17) is 9.47 Å². The average Bonchev–Trinajstić information content (AvgIpc) is 3.21. The summed E-state index contributed by atoms with van der Waals surface area (Å²) in [6, 6.07) is 13.1. The summed E-state index contributed by atoms with van der Waals surface area (Å²) in [4.78, 5) is 5.00. The highest BCUT2D eigenvalue weighted by molar-refractivity contribution is 7.16. The minimum atomic E-state index is 0.350. The number of nitrogens with zero attached hydrogens (tertiary/aromatic N) is 5. The van der Waals surface area contributed by atoms with Crippen molar-refractivity contribution in [2.45, 2.75) is 6.61 Å². The predicted octanol–water partition coefficient (Wildman–Crippen LogP) is 2.84. The quantitative estimate of drug-likeness (QED) is 0.557. The summed E-state index contributed by atoms with van der Waals surface area (Å²) >= 11 is 1.44. The van der Waals surface area contributed by atoms with Crippen LogP contribution in [0.4, 0.5) is 0 Å². The molecule has 3 heterocycles. The Morgan fingerprint density at radius 1 is 1.08 bits per heavy atom. The first-order chi connectivity index (χ1) is 11.8. The van der Waals surface area contributed by atoms with Crippen LogP contribution < -0.4 is 9.47 Å². The molecule has 0 saturated carbocycles. The van der Waals surface area contributed by atoms with Crippen LogP contribution in [-0.4, -0.2) is 31.9 Å². The second-order valence-electron chi connectivity index (χ2n) is 4.90. The topological polar surface area (TPSA) is 74.4 Å². The molecule has 0 bridgehead atoms. The number of benzene rings is 1. The van der Waals surface area contributed by atoms with Gasteiger partial charge in [-0.1, -0.05) is 23.5 Å². The number of fused-ring (bicyclic) bond motifs is 1. The van der Waals surface area contributed by atoms with Crippen LogP contribution >= 0.6 is 11.3 Å². The highest BCUT2D eigenvalue weighted by Gasteiger charge is 2.14. The van der Waals surface area contributed by atoms with Gasteiger partial charge < -0.3 is 9.47 Å². The van der Waals surface area contributed by atoms with Gasteiger partial charge in [-0.15, -0.1) is 10.2 Å². The van der Waals surface area contributed by atoms with Crippen LogP contribution in [0, 0.1) is 0 Å². The van der Waals surface area contributed by atoms with Crippen molar-refractivity contribution >= 4 is 16.3 Å². The summed E-state index contributed by atoms with van der Waals surface area (Å²) in [6.45, 7) is 0.350. The predicted molar refractivity (Wildman–Crippen MR) is 89.2 cm³/mol. The van der Waals surface area contributed by atoms with Crippen LogP contribution in [0.1, 0.15) is 5.01 Å². The largest absolute Gasteiger partial charge is 0.497 e. The second kappa shape index (κ2) is 6.25. The SMILES string of the molecule is COc1cccc(OCc2nn3c(-c4ccccn4)nnc3s2)c1. The van der Waals surface area contributed by atoms with Crippen LogP contribution in [0.3, 0.4) is 0 Å². The molecule has 8 heteroatoms. The molecule has 7 nitrogen and oxygen atoms in total. The molecular formula is C16H13N5O2S. The fraction of sp³-hybridized carbons (Fsp3) is 0.125. The lowest BCUT2D eigenvalue weighted by atomic mass is 10.3. The van der Waals surface area contributed by atoms with Crippen molar-refractivity contribution in [3.63, 3.8) is 0 Å². The third kappa shape index (κ3) is 2.79. The van der Waals surface area contributed by atoms with Crippen molar-refractivity contribution in [1.29, 1.82) is 0 Å². The van der Waals surface area contributed by atoms with Gasteiger partial charge in [0.1, 0.15) is 23.8 Å². The van der Waals surface area contributed by atoms with Crippen molar-refractivity contribution in [2.75, 3.05) is 7.11 Å². The summed E-state index contributed by atoms with van der Waals surface area (Å²) in [5.74, 6) is 2.10. The van der Waals surface area contributed by atoms with E-state index in [0.717, 1.165) is 22.2 Å². The molecular weight excluding hydrogens is 326 g/mol. The zero-order chi connectivity index (χ0) is 16.4. The van der Waals surface area contributed by atoms with Gasteiger partial charge in [0.05, 0.1) is 7.11 Å². The lowest BCUT2D eigenvalue weighted by molar-refractivity contribution is 0.301. The summed E-state index contributed by atoms with van der Waals surface area (Å²) in [5, 5.41) is 13.6. The number of ether oxygens (including phenoxy) is 2. The molecule has 0 N–H and O–H groups in total. The number of rotatable bonds is 5.